The number of likely N-dealkylation sites (tertiary alicyclic amines) is 1. The van der Waals surface area contributed by atoms with Crippen LogP contribution in [0.1, 0.15) is 31.2 Å². The maximum absolute atomic E-state index is 14.6. The highest BCUT2D eigenvalue weighted by Gasteiger charge is 2.25. The van der Waals surface area contributed by atoms with E-state index in [1.165, 1.54) is 25.7 Å². The van der Waals surface area contributed by atoms with E-state index in [1.54, 1.807) is 12.3 Å². The number of hydrogen-bond acceptors (Lipinski definition) is 4. The molecule has 0 spiro atoms. The Morgan fingerprint density at radius 3 is 2.90 bits per heavy atom. The van der Waals surface area contributed by atoms with Crippen molar-refractivity contribution in [2.45, 2.75) is 44.3 Å². The predicted molar refractivity (Wildman–Crippen MR) is 83.0 cm³/mol. The molecular formula is C16H25FN4. The zero-order valence-electron chi connectivity index (χ0n) is 13.0. The Hall–Kier alpha value is -1.20. The number of likely N-dealkylation sites (N-methyl/N-ethyl adjacent to an activating group) is 2. The van der Waals surface area contributed by atoms with Gasteiger partial charge < -0.3 is 15.1 Å². The Labute approximate surface area is 126 Å². The molecule has 1 saturated heterocycles. The molecule has 0 radical (unpaired) electrons. The molecule has 2 aliphatic rings. The van der Waals surface area contributed by atoms with E-state index < -0.39 is 0 Å². The van der Waals surface area contributed by atoms with Gasteiger partial charge in [0.1, 0.15) is 0 Å². The number of hydrogen-bond donors (Lipinski definition) is 1. The first-order valence-electron chi connectivity index (χ1n) is 7.93. The zero-order valence-corrected chi connectivity index (χ0v) is 13.0. The maximum Gasteiger partial charge on any atom is 0.170 e. The van der Waals surface area contributed by atoms with E-state index in [2.05, 4.69) is 22.2 Å². The number of halogens is 1. The molecule has 0 bridgehead atoms. The van der Waals surface area contributed by atoms with Crippen molar-refractivity contribution in [3.05, 3.63) is 23.6 Å². The zero-order chi connectivity index (χ0) is 14.8. The number of pyridine rings is 1. The molecule has 21 heavy (non-hydrogen) atoms. The van der Waals surface area contributed by atoms with Gasteiger partial charge in [-0.25, -0.2) is 9.37 Å². The van der Waals surface area contributed by atoms with Crippen LogP contribution in [-0.2, 0) is 6.54 Å². The van der Waals surface area contributed by atoms with E-state index in [-0.39, 0.29) is 5.82 Å². The first kappa shape index (κ1) is 14.7. The van der Waals surface area contributed by atoms with Crippen molar-refractivity contribution in [3.63, 3.8) is 0 Å². The van der Waals surface area contributed by atoms with Gasteiger partial charge in [-0.1, -0.05) is 0 Å². The minimum Gasteiger partial charge on any atom is -0.356 e. The predicted octanol–water partition coefficient (Wildman–Crippen LogP) is 2.00. The Bertz CT molecular complexity index is 489. The summed E-state index contributed by atoms with van der Waals surface area (Å²) in [4.78, 5) is 8.57. The van der Waals surface area contributed by atoms with E-state index in [1.807, 2.05) is 11.9 Å². The fourth-order valence-electron chi connectivity index (χ4n) is 3.03. The van der Waals surface area contributed by atoms with Crippen molar-refractivity contribution >= 4 is 5.82 Å². The molecule has 4 nitrogen and oxygen atoms in total. The van der Waals surface area contributed by atoms with Crippen molar-refractivity contribution in [3.8, 4) is 0 Å². The summed E-state index contributed by atoms with van der Waals surface area (Å²) in [6, 6.07) is 2.87. The first-order chi connectivity index (χ1) is 10.1. The second-order valence-corrected chi connectivity index (χ2v) is 6.42. The van der Waals surface area contributed by atoms with Gasteiger partial charge in [-0.2, -0.15) is 0 Å². The van der Waals surface area contributed by atoms with Crippen molar-refractivity contribution in [2.24, 2.45) is 0 Å². The smallest absolute Gasteiger partial charge is 0.170 e. The average molecular weight is 292 g/mol. The molecule has 1 atom stereocenters. The summed E-state index contributed by atoms with van der Waals surface area (Å²) in [5.41, 5.74) is 0.721. The summed E-state index contributed by atoms with van der Waals surface area (Å²) >= 11 is 0. The third kappa shape index (κ3) is 3.52. The lowest BCUT2D eigenvalue weighted by atomic mass is 10.2. The maximum atomic E-state index is 14.6. The average Bonchev–Trinajstić information content (AvgIpc) is 3.21. The van der Waals surface area contributed by atoms with Crippen LogP contribution < -0.4 is 10.2 Å². The molecule has 2 heterocycles. The van der Waals surface area contributed by atoms with Crippen LogP contribution >= 0.6 is 0 Å². The lowest BCUT2D eigenvalue weighted by Crippen LogP contribution is -2.37. The number of rotatable bonds is 6. The van der Waals surface area contributed by atoms with Crippen LogP contribution in [0.5, 0.6) is 0 Å². The van der Waals surface area contributed by atoms with E-state index >= 15 is 0 Å². The van der Waals surface area contributed by atoms with E-state index in [0.29, 0.717) is 24.4 Å². The van der Waals surface area contributed by atoms with E-state index in [9.17, 15) is 4.39 Å². The highest BCUT2D eigenvalue weighted by molar-refractivity contribution is 5.42. The molecule has 116 valence electrons. The molecular weight excluding hydrogens is 267 g/mol. The second-order valence-electron chi connectivity index (χ2n) is 6.42. The number of nitrogens with zero attached hydrogens (tertiary/aromatic N) is 3. The minimum absolute atomic E-state index is 0.172. The summed E-state index contributed by atoms with van der Waals surface area (Å²) in [5, 5.41) is 3.37. The van der Waals surface area contributed by atoms with Gasteiger partial charge in [0.25, 0.3) is 0 Å². The van der Waals surface area contributed by atoms with Gasteiger partial charge in [0, 0.05) is 44.0 Å². The van der Waals surface area contributed by atoms with Crippen LogP contribution in [0.25, 0.3) is 0 Å². The fraction of sp³-hybridized carbons (Fsp3) is 0.688. The molecule has 5 heteroatoms. The molecule has 2 fully saturated rings. The van der Waals surface area contributed by atoms with E-state index in [4.69, 9.17) is 0 Å². The third-order valence-corrected chi connectivity index (χ3v) is 4.63. The number of anilines is 1. The molecule has 1 N–H and O–H groups in total. The van der Waals surface area contributed by atoms with Crippen molar-refractivity contribution in [1.82, 2.24) is 15.2 Å². The Kier molecular flexibility index (Phi) is 4.40. The molecule has 1 saturated carbocycles. The van der Waals surface area contributed by atoms with Crippen molar-refractivity contribution in [1.29, 1.82) is 0 Å². The first-order valence-corrected chi connectivity index (χ1v) is 7.93. The van der Waals surface area contributed by atoms with Crippen molar-refractivity contribution < 1.29 is 4.39 Å². The molecule has 1 unspecified atom stereocenters. The van der Waals surface area contributed by atoms with Gasteiger partial charge in [0.05, 0.1) is 0 Å². The molecule has 0 aromatic carbocycles. The van der Waals surface area contributed by atoms with Gasteiger partial charge in [0.2, 0.25) is 0 Å². The van der Waals surface area contributed by atoms with Crippen LogP contribution in [0.2, 0.25) is 0 Å². The Balaban J connectivity index is 1.66. The molecule has 1 aromatic heterocycles. The summed E-state index contributed by atoms with van der Waals surface area (Å²) in [7, 11) is 4.08. The topological polar surface area (TPSA) is 31.4 Å². The van der Waals surface area contributed by atoms with Gasteiger partial charge in [0.15, 0.2) is 11.6 Å². The van der Waals surface area contributed by atoms with Gasteiger partial charge in [-0.05, 0) is 45.3 Å². The SMILES string of the molecule is CN(CC1CCCN1C)c1nccc(CNC2CC2)c1F. The molecule has 3 rings (SSSR count). The summed E-state index contributed by atoms with van der Waals surface area (Å²) in [5.74, 6) is 0.305. The van der Waals surface area contributed by atoms with Crippen LogP contribution in [0.15, 0.2) is 12.3 Å². The molecule has 1 aromatic rings. The lowest BCUT2D eigenvalue weighted by molar-refractivity contribution is 0.313. The summed E-state index contributed by atoms with van der Waals surface area (Å²) in [6.07, 6.45) is 6.57. The monoisotopic (exact) mass is 292 g/mol. The Morgan fingerprint density at radius 2 is 2.24 bits per heavy atom. The van der Waals surface area contributed by atoms with Crippen LogP contribution in [0.3, 0.4) is 0 Å². The standard InChI is InChI=1S/C16H25FN4/c1-20-9-3-4-14(20)11-21(2)16-15(17)12(7-8-18-16)10-19-13-5-6-13/h7-8,13-14,19H,3-6,9-11H2,1-2H3. The van der Waals surface area contributed by atoms with Gasteiger partial charge >= 0.3 is 0 Å². The van der Waals surface area contributed by atoms with Crippen LogP contribution in [0, 0.1) is 5.82 Å². The number of nitrogens with one attached hydrogen (secondary N) is 1. The lowest BCUT2D eigenvalue weighted by Gasteiger charge is -2.27. The fourth-order valence-corrected chi connectivity index (χ4v) is 3.03. The Morgan fingerprint density at radius 1 is 1.43 bits per heavy atom. The second kappa shape index (κ2) is 6.28. The molecule has 1 aliphatic carbocycles. The van der Waals surface area contributed by atoms with Crippen LogP contribution in [-0.4, -0.2) is 49.2 Å². The summed E-state index contributed by atoms with van der Waals surface area (Å²) in [6.45, 7) is 2.57. The number of aromatic nitrogens is 1. The van der Waals surface area contributed by atoms with E-state index in [0.717, 1.165) is 18.7 Å². The molecule has 1 aliphatic heterocycles. The highest BCUT2D eigenvalue weighted by atomic mass is 19.1. The van der Waals surface area contributed by atoms with Crippen molar-refractivity contribution in [2.75, 3.05) is 32.1 Å². The minimum atomic E-state index is -0.172. The largest absolute Gasteiger partial charge is 0.356 e. The normalized spacial score (nSPS) is 22.7. The van der Waals surface area contributed by atoms with Crippen LogP contribution in [0.4, 0.5) is 10.2 Å². The third-order valence-electron chi connectivity index (χ3n) is 4.63. The highest BCUT2D eigenvalue weighted by Crippen LogP contribution is 2.23. The van der Waals surface area contributed by atoms with Gasteiger partial charge in [-0.3, -0.25) is 0 Å². The molecule has 0 amide bonds. The van der Waals surface area contributed by atoms with Gasteiger partial charge in [-0.15, -0.1) is 0 Å². The summed E-state index contributed by atoms with van der Waals surface area (Å²) < 4.78 is 14.6. The quantitative estimate of drug-likeness (QED) is 0.869.